The first kappa shape index (κ1) is 15.7. The largest absolute Gasteiger partial charge is 0.350 e. The second-order valence-electron chi connectivity index (χ2n) is 4.69. The number of halogens is 1. The number of nitrogens with zero attached hydrogens (tertiary/aromatic N) is 2. The van der Waals surface area contributed by atoms with Crippen LogP contribution in [0.5, 0.6) is 0 Å². The summed E-state index contributed by atoms with van der Waals surface area (Å²) >= 11 is 11.1. The highest BCUT2D eigenvalue weighted by Gasteiger charge is 2.09. The number of nitrogens with one attached hydrogen (secondary N) is 2. The van der Waals surface area contributed by atoms with Crippen molar-refractivity contribution in [2.45, 2.75) is 32.9 Å². The molecule has 0 spiro atoms. The quantitative estimate of drug-likeness (QED) is 0.803. The number of aromatic amines is 1. The molecule has 112 valence electrons. The van der Waals surface area contributed by atoms with Crippen LogP contribution in [0.15, 0.2) is 24.3 Å². The second kappa shape index (κ2) is 7.38. The summed E-state index contributed by atoms with van der Waals surface area (Å²) in [6.45, 7) is 2.67. The van der Waals surface area contributed by atoms with Gasteiger partial charge in [0.05, 0.1) is 0 Å². The zero-order valence-electron chi connectivity index (χ0n) is 11.7. The highest BCUT2D eigenvalue weighted by molar-refractivity contribution is 7.71. The third-order valence-corrected chi connectivity index (χ3v) is 3.54. The van der Waals surface area contributed by atoms with Gasteiger partial charge < -0.3 is 5.32 Å². The predicted octanol–water partition coefficient (Wildman–Crippen LogP) is 2.86. The maximum atomic E-state index is 12.0. The van der Waals surface area contributed by atoms with Crippen LogP contribution >= 0.6 is 23.8 Å². The molecular weight excluding hydrogens is 308 g/mol. The highest BCUT2D eigenvalue weighted by Crippen LogP contribution is 2.10. The molecule has 2 aromatic rings. The molecule has 0 bridgehead atoms. The molecule has 2 rings (SSSR count). The van der Waals surface area contributed by atoms with Gasteiger partial charge in [0.1, 0.15) is 12.4 Å². The summed E-state index contributed by atoms with van der Waals surface area (Å²) in [5.41, 5.74) is 0.959. The molecule has 5 nitrogen and oxygen atoms in total. The van der Waals surface area contributed by atoms with Crippen molar-refractivity contribution in [2.24, 2.45) is 0 Å². The van der Waals surface area contributed by atoms with Crippen LogP contribution in [0, 0.1) is 4.77 Å². The molecule has 0 aliphatic heterocycles. The van der Waals surface area contributed by atoms with Gasteiger partial charge in [-0.25, -0.2) is 0 Å². The molecule has 0 radical (unpaired) electrons. The van der Waals surface area contributed by atoms with Gasteiger partial charge in [0.15, 0.2) is 4.77 Å². The van der Waals surface area contributed by atoms with Crippen LogP contribution in [-0.4, -0.2) is 20.7 Å². The van der Waals surface area contributed by atoms with Gasteiger partial charge in [-0.05, 0) is 36.3 Å². The Morgan fingerprint density at radius 3 is 3.05 bits per heavy atom. The van der Waals surface area contributed by atoms with Gasteiger partial charge in [0, 0.05) is 18.0 Å². The minimum atomic E-state index is -0.107. The Hall–Kier alpha value is -1.66. The van der Waals surface area contributed by atoms with Gasteiger partial charge >= 0.3 is 0 Å². The van der Waals surface area contributed by atoms with Crippen molar-refractivity contribution in [3.63, 3.8) is 0 Å². The van der Waals surface area contributed by atoms with E-state index in [9.17, 15) is 4.79 Å². The third kappa shape index (κ3) is 4.41. The molecular formula is C14H17ClN4OS. The molecule has 0 aliphatic rings. The number of carbonyl (C=O) groups excluding carboxylic acids is 1. The van der Waals surface area contributed by atoms with E-state index in [0.717, 1.165) is 24.2 Å². The molecule has 1 aromatic carbocycles. The number of carbonyl (C=O) groups is 1. The van der Waals surface area contributed by atoms with Crippen LogP contribution < -0.4 is 5.32 Å². The number of amides is 1. The van der Waals surface area contributed by atoms with Crippen molar-refractivity contribution in [3.8, 4) is 0 Å². The number of benzene rings is 1. The van der Waals surface area contributed by atoms with Gasteiger partial charge in [-0.3, -0.25) is 14.5 Å². The lowest BCUT2D eigenvalue weighted by Crippen LogP contribution is -2.27. The molecule has 2 N–H and O–H groups in total. The van der Waals surface area contributed by atoms with Gasteiger partial charge in [0.25, 0.3) is 0 Å². The zero-order chi connectivity index (χ0) is 15.2. The minimum Gasteiger partial charge on any atom is -0.350 e. The zero-order valence-corrected chi connectivity index (χ0v) is 13.3. The van der Waals surface area contributed by atoms with Gasteiger partial charge in [-0.1, -0.05) is 30.7 Å². The van der Waals surface area contributed by atoms with Gasteiger partial charge in [0.2, 0.25) is 5.91 Å². The summed E-state index contributed by atoms with van der Waals surface area (Å²) in [7, 11) is 0. The molecule has 0 saturated carbocycles. The first-order valence-electron chi connectivity index (χ1n) is 6.75. The molecule has 7 heteroatoms. The van der Waals surface area contributed by atoms with E-state index in [0.29, 0.717) is 16.3 Å². The number of H-pyrrole nitrogens is 1. The van der Waals surface area contributed by atoms with Crippen molar-refractivity contribution < 1.29 is 4.79 Å². The monoisotopic (exact) mass is 324 g/mol. The van der Waals surface area contributed by atoms with E-state index in [2.05, 4.69) is 22.4 Å². The van der Waals surface area contributed by atoms with E-state index in [-0.39, 0.29) is 12.5 Å². The van der Waals surface area contributed by atoms with Crippen LogP contribution in [-0.2, 0) is 24.3 Å². The first-order valence-corrected chi connectivity index (χ1v) is 7.54. The van der Waals surface area contributed by atoms with Crippen molar-refractivity contribution in [1.29, 1.82) is 0 Å². The predicted molar refractivity (Wildman–Crippen MR) is 84.7 cm³/mol. The molecule has 0 atom stereocenters. The van der Waals surface area contributed by atoms with Crippen molar-refractivity contribution in [3.05, 3.63) is 45.4 Å². The summed E-state index contributed by atoms with van der Waals surface area (Å²) in [6.07, 6.45) is 1.73. The van der Waals surface area contributed by atoms with Crippen molar-refractivity contribution in [2.75, 3.05) is 0 Å². The lowest BCUT2D eigenvalue weighted by molar-refractivity contribution is -0.121. The Morgan fingerprint density at radius 2 is 2.33 bits per heavy atom. The average molecular weight is 325 g/mol. The van der Waals surface area contributed by atoms with E-state index >= 15 is 0 Å². The number of hydrogen-bond acceptors (Lipinski definition) is 3. The van der Waals surface area contributed by atoms with E-state index in [1.807, 2.05) is 18.2 Å². The van der Waals surface area contributed by atoms with E-state index in [1.54, 1.807) is 10.6 Å². The Labute approximate surface area is 133 Å². The molecule has 0 saturated heterocycles. The Morgan fingerprint density at radius 1 is 1.52 bits per heavy atom. The topological polar surface area (TPSA) is 62.7 Å². The number of aromatic nitrogens is 3. The molecule has 1 amide bonds. The molecule has 21 heavy (non-hydrogen) atoms. The van der Waals surface area contributed by atoms with Gasteiger partial charge in [-0.2, -0.15) is 5.10 Å². The van der Waals surface area contributed by atoms with E-state index < -0.39 is 0 Å². The molecule has 0 unspecified atom stereocenters. The fourth-order valence-corrected chi connectivity index (χ4v) is 2.40. The fraction of sp³-hybridized carbons (Fsp3) is 0.357. The minimum absolute atomic E-state index is 0.107. The van der Waals surface area contributed by atoms with Crippen LogP contribution in [0.25, 0.3) is 0 Å². The Balaban J connectivity index is 1.96. The standard InChI is InChI=1S/C14H17ClN4OS/c1-2-4-12-17-18-14(21)19(12)9-13(20)16-8-10-5-3-6-11(15)7-10/h3,5-7H,2,4,8-9H2,1H3,(H,16,20)(H,18,21). The van der Waals surface area contributed by atoms with Crippen LogP contribution in [0.4, 0.5) is 0 Å². The maximum Gasteiger partial charge on any atom is 0.240 e. The van der Waals surface area contributed by atoms with Crippen molar-refractivity contribution >= 4 is 29.7 Å². The van der Waals surface area contributed by atoms with Crippen molar-refractivity contribution in [1.82, 2.24) is 20.1 Å². The number of aryl methyl sites for hydroxylation is 1. The fourth-order valence-electron chi connectivity index (χ4n) is 1.97. The normalized spacial score (nSPS) is 10.6. The Kier molecular flexibility index (Phi) is 5.52. The Bertz CT molecular complexity index is 680. The maximum absolute atomic E-state index is 12.0. The molecule has 0 fully saturated rings. The smallest absolute Gasteiger partial charge is 0.240 e. The summed E-state index contributed by atoms with van der Waals surface area (Å²) in [4.78, 5) is 12.0. The number of hydrogen-bond donors (Lipinski definition) is 2. The van der Waals surface area contributed by atoms with Gasteiger partial charge in [-0.15, -0.1) is 0 Å². The summed E-state index contributed by atoms with van der Waals surface area (Å²) in [6, 6.07) is 7.40. The lowest BCUT2D eigenvalue weighted by atomic mass is 10.2. The molecule has 1 heterocycles. The molecule has 0 aliphatic carbocycles. The number of rotatable bonds is 6. The average Bonchev–Trinajstić information content (AvgIpc) is 2.79. The lowest BCUT2D eigenvalue weighted by Gasteiger charge is -2.08. The van der Waals surface area contributed by atoms with Crippen LogP contribution in [0.1, 0.15) is 24.7 Å². The van der Waals surface area contributed by atoms with Crippen LogP contribution in [0.2, 0.25) is 5.02 Å². The highest BCUT2D eigenvalue weighted by atomic mass is 35.5. The SMILES string of the molecule is CCCc1n[nH]c(=S)n1CC(=O)NCc1cccc(Cl)c1. The molecule has 1 aromatic heterocycles. The van der Waals surface area contributed by atoms with Crippen LogP contribution in [0.3, 0.4) is 0 Å². The summed E-state index contributed by atoms with van der Waals surface area (Å²) in [5.74, 6) is 0.699. The second-order valence-corrected chi connectivity index (χ2v) is 5.51. The third-order valence-electron chi connectivity index (χ3n) is 2.99. The summed E-state index contributed by atoms with van der Waals surface area (Å²) in [5, 5.41) is 10.4. The van der Waals surface area contributed by atoms with E-state index in [4.69, 9.17) is 23.8 Å². The van der Waals surface area contributed by atoms with E-state index in [1.165, 1.54) is 0 Å². The summed E-state index contributed by atoms with van der Waals surface area (Å²) < 4.78 is 2.20. The first-order chi connectivity index (χ1) is 10.1.